The molecule has 2 aliphatic rings. The Morgan fingerprint density at radius 3 is 2.96 bits per heavy atom. The molecule has 2 aliphatic heterocycles. The van der Waals surface area contributed by atoms with Gasteiger partial charge in [0.2, 0.25) is 0 Å². The molecule has 4 rings (SSSR count). The molecule has 0 bridgehead atoms. The summed E-state index contributed by atoms with van der Waals surface area (Å²) in [5, 5.41) is 23.3. The Bertz CT molecular complexity index is 899. The van der Waals surface area contributed by atoms with Crippen LogP contribution in [0.15, 0.2) is 55.5 Å². The molecule has 2 aromatic carbocycles. The molecule has 2 unspecified atom stereocenters. The van der Waals surface area contributed by atoms with Gasteiger partial charge in [-0.1, -0.05) is 12.1 Å². The first-order chi connectivity index (χ1) is 11.2. The Morgan fingerprint density at radius 1 is 1.13 bits per heavy atom. The van der Waals surface area contributed by atoms with Crippen molar-refractivity contribution in [3.05, 3.63) is 35.9 Å². The Morgan fingerprint density at radius 2 is 2.04 bits per heavy atom. The zero-order valence-corrected chi connectivity index (χ0v) is 12.4. The van der Waals surface area contributed by atoms with E-state index in [1.165, 1.54) is 6.34 Å². The number of nitrogens with one attached hydrogen (secondary N) is 1. The SMILES string of the molecule is Cc1ccc2cc(O)ccc2c1N=NC1=NC=NC2N=CNC12. The quantitative estimate of drug-likeness (QED) is 0.792. The molecule has 2 N–H and O–H groups in total. The minimum absolute atomic E-state index is 0.164. The first kappa shape index (κ1) is 13.6. The van der Waals surface area contributed by atoms with E-state index in [-0.39, 0.29) is 18.0 Å². The number of hydrogen-bond acceptors (Lipinski definition) is 7. The maximum atomic E-state index is 9.62. The second kappa shape index (κ2) is 5.28. The molecule has 2 atom stereocenters. The summed E-state index contributed by atoms with van der Waals surface area (Å²) in [7, 11) is 0. The smallest absolute Gasteiger partial charge is 0.179 e. The number of amidine groups is 1. The molecule has 0 amide bonds. The van der Waals surface area contributed by atoms with E-state index in [1.54, 1.807) is 18.5 Å². The fourth-order valence-corrected chi connectivity index (χ4v) is 2.68. The van der Waals surface area contributed by atoms with Gasteiger partial charge in [0.05, 0.1) is 12.0 Å². The monoisotopic (exact) mass is 306 g/mol. The van der Waals surface area contributed by atoms with Crippen LogP contribution in [0.3, 0.4) is 0 Å². The van der Waals surface area contributed by atoms with Crippen molar-refractivity contribution < 1.29 is 5.11 Å². The average molecular weight is 306 g/mol. The fraction of sp³-hybridized carbons (Fsp3) is 0.188. The first-order valence-corrected chi connectivity index (χ1v) is 7.23. The highest BCUT2D eigenvalue weighted by molar-refractivity contribution is 5.99. The number of rotatable bonds is 1. The molecule has 2 aromatic rings. The zero-order valence-electron chi connectivity index (χ0n) is 12.4. The van der Waals surface area contributed by atoms with Crippen LogP contribution in [0.5, 0.6) is 5.75 Å². The summed E-state index contributed by atoms with van der Waals surface area (Å²) < 4.78 is 0. The van der Waals surface area contributed by atoms with Gasteiger partial charge in [-0.05, 0) is 36.1 Å². The minimum atomic E-state index is -0.216. The number of nitrogens with zero attached hydrogens (tertiary/aromatic N) is 5. The second-order valence-corrected chi connectivity index (χ2v) is 5.42. The van der Waals surface area contributed by atoms with Crippen LogP contribution in [0.2, 0.25) is 0 Å². The fourth-order valence-electron chi connectivity index (χ4n) is 2.68. The number of benzene rings is 2. The van der Waals surface area contributed by atoms with Crippen LogP contribution in [0, 0.1) is 6.92 Å². The molecule has 0 spiro atoms. The van der Waals surface area contributed by atoms with E-state index in [2.05, 4.69) is 30.5 Å². The number of phenols is 1. The topological polar surface area (TPSA) is 94.1 Å². The van der Waals surface area contributed by atoms with Gasteiger partial charge in [0.25, 0.3) is 0 Å². The van der Waals surface area contributed by atoms with Gasteiger partial charge >= 0.3 is 0 Å². The van der Waals surface area contributed by atoms with Crippen molar-refractivity contribution >= 4 is 35.0 Å². The van der Waals surface area contributed by atoms with Gasteiger partial charge in [0.15, 0.2) is 12.0 Å². The number of aryl methyl sites for hydroxylation is 1. The Kier molecular flexibility index (Phi) is 3.11. The highest BCUT2D eigenvalue weighted by atomic mass is 16.3. The molecule has 7 nitrogen and oxygen atoms in total. The van der Waals surface area contributed by atoms with Crippen molar-refractivity contribution in [1.29, 1.82) is 0 Å². The van der Waals surface area contributed by atoms with E-state index in [4.69, 9.17) is 0 Å². The summed E-state index contributed by atoms with van der Waals surface area (Å²) in [6, 6.07) is 8.95. The molecule has 0 saturated heterocycles. The van der Waals surface area contributed by atoms with E-state index in [0.717, 1.165) is 22.0 Å². The molecule has 23 heavy (non-hydrogen) atoms. The van der Waals surface area contributed by atoms with E-state index in [0.29, 0.717) is 5.84 Å². The summed E-state index contributed by atoms with van der Waals surface area (Å²) >= 11 is 0. The van der Waals surface area contributed by atoms with Crippen molar-refractivity contribution in [2.45, 2.75) is 19.1 Å². The van der Waals surface area contributed by atoms with Crippen LogP contribution in [0.1, 0.15) is 5.56 Å². The number of hydrogen-bond donors (Lipinski definition) is 2. The summed E-state index contributed by atoms with van der Waals surface area (Å²) in [4.78, 5) is 12.6. The number of aromatic hydroxyl groups is 1. The zero-order chi connectivity index (χ0) is 15.8. The minimum Gasteiger partial charge on any atom is -0.508 e. The normalized spacial score (nSPS) is 22.4. The lowest BCUT2D eigenvalue weighted by atomic mass is 10.0. The predicted molar refractivity (Wildman–Crippen MR) is 90.0 cm³/mol. The van der Waals surface area contributed by atoms with Crippen LogP contribution in [-0.2, 0) is 0 Å². The van der Waals surface area contributed by atoms with Gasteiger partial charge < -0.3 is 10.4 Å². The lowest BCUT2D eigenvalue weighted by molar-refractivity contribution is 0.476. The second-order valence-electron chi connectivity index (χ2n) is 5.42. The average Bonchev–Trinajstić information content (AvgIpc) is 3.03. The highest BCUT2D eigenvalue weighted by Gasteiger charge is 2.30. The maximum absolute atomic E-state index is 9.62. The van der Waals surface area contributed by atoms with Gasteiger partial charge in [0.1, 0.15) is 18.1 Å². The molecule has 114 valence electrons. The molecule has 2 heterocycles. The molecule has 0 radical (unpaired) electrons. The Balaban J connectivity index is 1.74. The third-order valence-electron chi connectivity index (χ3n) is 3.90. The molecule has 7 heteroatoms. The van der Waals surface area contributed by atoms with E-state index in [1.807, 2.05) is 25.1 Å². The van der Waals surface area contributed by atoms with Gasteiger partial charge in [-0.25, -0.2) is 15.0 Å². The molecule has 0 saturated carbocycles. The summed E-state index contributed by atoms with van der Waals surface area (Å²) in [6.45, 7) is 1.98. The third kappa shape index (κ3) is 2.36. The van der Waals surface area contributed by atoms with Gasteiger partial charge in [-0.15, -0.1) is 10.2 Å². The van der Waals surface area contributed by atoms with Crippen molar-refractivity contribution in [3.63, 3.8) is 0 Å². The summed E-state index contributed by atoms with van der Waals surface area (Å²) in [5.41, 5.74) is 1.77. The lowest BCUT2D eigenvalue weighted by Gasteiger charge is -2.16. The number of phenolic OH excluding ortho intramolecular Hbond substituents is 1. The predicted octanol–water partition coefficient (Wildman–Crippen LogP) is 2.70. The molecular formula is C16H14N6O. The van der Waals surface area contributed by atoms with E-state index >= 15 is 0 Å². The van der Waals surface area contributed by atoms with Crippen LogP contribution in [0.25, 0.3) is 10.8 Å². The first-order valence-electron chi connectivity index (χ1n) is 7.23. The summed E-state index contributed by atoms with van der Waals surface area (Å²) in [6.07, 6.45) is 2.87. The maximum Gasteiger partial charge on any atom is 0.179 e. The third-order valence-corrected chi connectivity index (χ3v) is 3.90. The van der Waals surface area contributed by atoms with Gasteiger partial charge in [-0.2, -0.15) is 0 Å². The standard InChI is InChI=1S/C16H14N6O/c1-9-2-3-10-6-11(23)4-5-12(10)13(9)21-22-16-14-15(18-7-17-14)19-8-20-16/h2-8,14-15,23H,1H3,(H,17,18). The van der Waals surface area contributed by atoms with Crippen molar-refractivity contribution in [2.24, 2.45) is 25.2 Å². The summed E-state index contributed by atoms with van der Waals surface area (Å²) in [5.74, 6) is 0.782. The lowest BCUT2D eigenvalue weighted by Crippen LogP contribution is -2.39. The highest BCUT2D eigenvalue weighted by Crippen LogP contribution is 2.32. The number of fused-ring (bicyclic) bond motifs is 2. The van der Waals surface area contributed by atoms with Crippen molar-refractivity contribution in [3.8, 4) is 5.75 Å². The van der Waals surface area contributed by atoms with Crippen LogP contribution in [-0.4, -0.2) is 35.8 Å². The van der Waals surface area contributed by atoms with Crippen LogP contribution >= 0.6 is 0 Å². The number of aliphatic imine (C=N–C) groups is 3. The molecule has 0 aromatic heterocycles. The van der Waals surface area contributed by atoms with Crippen LogP contribution in [0.4, 0.5) is 5.69 Å². The Labute approximate surface area is 132 Å². The van der Waals surface area contributed by atoms with Gasteiger partial charge in [0, 0.05) is 5.39 Å². The van der Waals surface area contributed by atoms with E-state index < -0.39 is 0 Å². The molecule has 0 fully saturated rings. The molecular weight excluding hydrogens is 292 g/mol. The largest absolute Gasteiger partial charge is 0.508 e. The molecule has 0 aliphatic carbocycles. The van der Waals surface area contributed by atoms with Gasteiger partial charge in [-0.3, -0.25) is 0 Å². The van der Waals surface area contributed by atoms with Crippen LogP contribution < -0.4 is 5.32 Å². The van der Waals surface area contributed by atoms with E-state index in [9.17, 15) is 5.11 Å². The Hall–Kier alpha value is -3.09. The van der Waals surface area contributed by atoms with Crippen molar-refractivity contribution in [2.75, 3.05) is 0 Å². The van der Waals surface area contributed by atoms with Crippen molar-refractivity contribution in [1.82, 2.24) is 5.32 Å². The number of azo groups is 1.